The summed E-state index contributed by atoms with van der Waals surface area (Å²) in [4.78, 5) is 15.9. The van der Waals surface area contributed by atoms with Crippen LogP contribution in [0, 0.1) is 0 Å². The van der Waals surface area contributed by atoms with Crippen LogP contribution in [-0.4, -0.2) is 37.9 Å². The van der Waals surface area contributed by atoms with Crippen molar-refractivity contribution in [3.63, 3.8) is 0 Å². The summed E-state index contributed by atoms with van der Waals surface area (Å²) in [5, 5.41) is 5.52. The van der Waals surface area contributed by atoms with Crippen molar-refractivity contribution < 1.29 is 14.3 Å². The van der Waals surface area contributed by atoms with Crippen molar-refractivity contribution in [2.75, 3.05) is 26.1 Å². The number of carbonyl (C=O) groups is 1. The Bertz CT molecular complexity index is 429. The third-order valence-electron chi connectivity index (χ3n) is 2.41. The zero-order valence-electron chi connectivity index (χ0n) is 11.2. The van der Waals surface area contributed by atoms with Gasteiger partial charge in [-0.05, 0) is 35.3 Å². The molecule has 0 fully saturated rings. The fourth-order valence-electron chi connectivity index (χ4n) is 1.37. The summed E-state index contributed by atoms with van der Waals surface area (Å²) in [5.41, 5.74) is 0.581. The van der Waals surface area contributed by atoms with Crippen LogP contribution in [-0.2, 0) is 4.74 Å². The highest BCUT2D eigenvalue weighted by Crippen LogP contribution is 2.22. The number of urea groups is 1. The molecule has 0 radical (unpaired) electrons. The molecular formula is C12H18BrN3O3. The van der Waals surface area contributed by atoms with Gasteiger partial charge in [-0.2, -0.15) is 0 Å². The molecule has 0 spiro atoms. The van der Waals surface area contributed by atoms with Gasteiger partial charge in [0.1, 0.15) is 4.60 Å². The number of pyridine rings is 1. The molecule has 1 rings (SSSR count). The van der Waals surface area contributed by atoms with E-state index in [0.717, 1.165) is 6.42 Å². The van der Waals surface area contributed by atoms with Gasteiger partial charge in [-0.3, -0.25) is 0 Å². The van der Waals surface area contributed by atoms with Crippen molar-refractivity contribution in [1.82, 2.24) is 10.3 Å². The average Bonchev–Trinajstić information content (AvgIpc) is 2.38. The molecule has 1 aromatic rings. The van der Waals surface area contributed by atoms with Gasteiger partial charge in [0.25, 0.3) is 0 Å². The minimum Gasteiger partial charge on any atom is -0.481 e. The Kier molecular flexibility index (Phi) is 6.58. The Morgan fingerprint density at radius 2 is 2.21 bits per heavy atom. The minimum atomic E-state index is -0.281. The molecule has 0 aliphatic rings. The lowest BCUT2D eigenvalue weighted by molar-refractivity contribution is 0.185. The molecule has 0 bridgehead atoms. The quantitative estimate of drug-likeness (QED) is 0.785. The number of amides is 2. The molecule has 1 atom stereocenters. The van der Waals surface area contributed by atoms with Gasteiger partial charge in [-0.15, -0.1) is 0 Å². The van der Waals surface area contributed by atoms with E-state index in [2.05, 4.69) is 31.5 Å². The largest absolute Gasteiger partial charge is 0.481 e. The Labute approximate surface area is 121 Å². The Balaban J connectivity index is 2.52. The summed E-state index contributed by atoms with van der Waals surface area (Å²) in [7, 11) is 3.17. The highest BCUT2D eigenvalue weighted by Gasteiger charge is 2.10. The lowest BCUT2D eigenvalue weighted by atomic mass is 10.2. The maximum absolute atomic E-state index is 11.7. The molecule has 0 saturated carbocycles. The van der Waals surface area contributed by atoms with E-state index < -0.39 is 0 Å². The first kappa shape index (κ1) is 15.7. The molecule has 106 valence electrons. The van der Waals surface area contributed by atoms with E-state index in [0.29, 0.717) is 22.8 Å². The van der Waals surface area contributed by atoms with E-state index in [1.165, 1.54) is 7.11 Å². The summed E-state index contributed by atoms with van der Waals surface area (Å²) < 4.78 is 10.5. The van der Waals surface area contributed by atoms with Crippen molar-refractivity contribution in [3.05, 3.63) is 16.7 Å². The van der Waals surface area contributed by atoms with Crippen molar-refractivity contribution in [1.29, 1.82) is 0 Å². The number of rotatable bonds is 6. The highest BCUT2D eigenvalue weighted by molar-refractivity contribution is 9.10. The summed E-state index contributed by atoms with van der Waals surface area (Å²) in [5.74, 6) is 0.478. The van der Waals surface area contributed by atoms with Gasteiger partial charge in [0.2, 0.25) is 5.88 Å². The van der Waals surface area contributed by atoms with Gasteiger partial charge in [-0.25, -0.2) is 9.78 Å². The van der Waals surface area contributed by atoms with Crippen LogP contribution < -0.4 is 15.4 Å². The van der Waals surface area contributed by atoms with Crippen LogP contribution in [0.2, 0.25) is 0 Å². The van der Waals surface area contributed by atoms with Crippen LogP contribution in [0.4, 0.5) is 10.5 Å². The number of aromatic nitrogens is 1. The number of nitrogens with one attached hydrogen (secondary N) is 2. The molecule has 1 aromatic heterocycles. The topological polar surface area (TPSA) is 72.5 Å². The second kappa shape index (κ2) is 7.96. The first-order valence-corrected chi connectivity index (χ1v) is 6.63. The van der Waals surface area contributed by atoms with Crippen molar-refractivity contribution in [2.45, 2.75) is 19.4 Å². The lowest BCUT2D eigenvalue weighted by Crippen LogP contribution is -2.36. The number of hydrogen-bond acceptors (Lipinski definition) is 4. The monoisotopic (exact) mass is 331 g/mol. The zero-order valence-corrected chi connectivity index (χ0v) is 12.8. The van der Waals surface area contributed by atoms with E-state index >= 15 is 0 Å². The molecule has 0 aliphatic heterocycles. The van der Waals surface area contributed by atoms with Crippen LogP contribution in [0.5, 0.6) is 5.88 Å². The van der Waals surface area contributed by atoms with E-state index in [-0.39, 0.29) is 12.1 Å². The molecule has 0 unspecified atom stereocenters. The third-order valence-corrected chi connectivity index (χ3v) is 3.02. The van der Waals surface area contributed by atoms with E-state index in [1.54, 1.807) is 19.2 Å². The van der Waals surface area contributed by atoms with Gasteiger partial charge in [0.15, 0.2) is 0 Å². The molecule has 2 N–H and O–H groups in total. The predicted molar refractivity (Wildman–Crippen MR) is 76.6 cm³/mol. The summed E-state index contributed by atoms with van der Waals surface area (Å²) in [6, 6.07) is 3.14. The Morgan fingerprint density at radius 1 is 1.47 bits per heavy atom. The normalized spacial score (nSPS) is 11.8. The second-order valence-corrected chi connectivity index (χ2v) is 4.72. The smallest absolute Gasteiger partial charge is 0.319 e. The van der Waals surface area contributed by atoms with E-state index in [4.69, 9.17) is 9.47 Å². The maximum atomic E-state index is 11.7. The zero-order chi connectivity index (χ0) is 14.3. The molecule has 0 aromatic carbocycles. The molecule has 7 heteroatoms. The molecule has 6 nitrogen and oxygen atoms in total. The van der Waals surface area contributed by atoms with Gasteiger partial charge in [0.05, 0.1) is 12.8 Å². The van der Waals surface area contributed by atoms with Gasteiger partial charge in [0, 0.05) is 25.8 Å². The van der Waals surface area contributed by atoms with Crippen LogP contribution in [0.25, 0.3) is 0 Å². The van der Waals surface area contributed by atoms with Crippen LogP contribution >= 0.6 is 15.9 Å². The summed E-state index contributed by atoms with van der Waals surface area (Å²) >= 11 is 3.27. The van der Waals surface area contributed by atoms with Crippen LogP contribution in [0.3, 0.4) is 0 Å². The first-order chi connectivity index (χ1) is 9.06. The summed E-state index contributed by atoms with van der Waals surface area (Å²) in [6.45, 7) is 2.52. The summed E-state index contributed by atoms with van der Waals surface area (Å²) in [6.07, 6.45) is 0.756. The fourth-order valence-corrected chi connectivity index (χ4v) is 1.78. The predicted octanol–water partition coefficient (Wildman–Crippen LogP) is 2.40. The van der Waals surface area contributed by atoms with Crippen molar-refractivity contribution in [2.24, 2.45) is 0 Å². The Morgan fingerprint density at radius 3 is 2.79 bits per heavy atom. The molecule has 2 amide bonds. The fraction of sp³-hybridized carbons (Fsp3) is 0.500. The molecule has 19 heavy (non-hydrogen) atoms. The average molecular weight is 332 g/mol. The minimum absolute atomic E-state index is 0.0323. The second-order valence-electron chi connectivity index (χ2n) is 3.97. The van der Waals surface area contributed by atoms with Crippen LogP contribution in [0.1, 0.15) is 13.3 Å². The SMILES string of the molecule is COCC[C@H](C)NC(=O)Nc1ccc(OC)nc1Br. The highest BCUT2D eigenvalue weighted by atomic mass is 79.9. The molecular weight excluding hydrogens is 314 g/mol. The van der Waals surface area contributed by atoms with Crippen LogP contribution in [0.15, 0.2) is 16.7 Å². The first-order valence-electron chi connectivity index (χ1n) is 5.83. The molecule has 0 saturated heterocycles. The van der Waals surface area contributed by atoms with Crippen molar-refractivity contribution >= 4 is 27.6 Å². The number of anilines is 1. The van der Waals surface area contributed by atoms with E-state index in [1.807, 2.05) is 6.92 Å². The number of hydrogen-bond donors (Lipinski definition) is 2. The molecule has 0 aliphatic carbocycles. The standard InChI is InChI=1S/C12H18BrN3O3/c1-8(6-7-18-2)14-12(17)15-9-4-5-10(19-3)16-11(9)13/h4-5,8H,6-7H2,1-3H3,(H2,14,15,17)/t8-/m0/s1. The van der Waals surface area contributed by atoms with E-state index in [9.17, 15) is 4.79 Å². The van der Waals surface area contributed by atoms with Gasteiger partial charge in [-0.1, -0.05) is 0 Å². The number of ether oxygens (including phenoxy) is 2. The molecule has 1 heterocycles. The third kappa shape index (κ3) is 5.44. The number of nitrogens with zero attached hydrogens (tertiary/aromatic N) is 1. The Hall–Kier alpha value is -1.34. The number of halogens is 1. The number of carbonyl (C=O) groups excluding carboxylic acids is 1. The number of methoxy groups -OCH3 is 2. The van der Waals surface area contributed by atoms with Crippen molar-refractivity contribution in [3.8, 4) is 5.88 Å². The maximum Gasteiger partial charge on any atom is 0.319 e. The lowest BCUT2D eigenvalue weighted by Gasteiger charge is -2.14. The van der Waals surface area contributed by atoms with Gasteiger partial charge < -0.3 is 20.1 Å². The van der Waals surface area contributed by atoms with Gasteiger partial charge >= 0.3 is 6.03 Å².